The Morgan fingerprint density at radius 1 is 0.903 bits per heavy atom. The molecule has 164 valence electrons. The molecule has 0 aliphatic rings. The van der Waals surface area contributed by atoms with Gasteiger partial charge < -0.3 is 14.5 Å². The smallest absolute Gasteiger partial charge is 0.421 e. The lowest BCUT2D eigenvalue weighted by atomic mass is 10.2. The number of hydrogen-bond acceptors (Lipinski definition) is 5. The maximum Gasteiger partial charge on any atom is 0.421 e. The molecule has 1 aromatic heterocycles. The summed E-state index contributed by atoms with van der Waals surface area (Å²) in [6.45, 7) is 2.54. The Labute approximate surface area is 177 Å². The minimum atomic E-state index is -4.64. The number of nitrogens with zero attached hydrogens (tertiary/aromatic N) is 4. The monoisotopic (exact) mass is 434 g/mol. The van der Waals surface area contributed by atoms with Crippen LogP contribution in [0.3, 0.4) is 0 Å². The van der Waals surface area contributed by atoms with Crippen LogP contribution in [0.1, 0.15) is 18.9 Å². The summed E-state index contributed by atoms with van der Waals surface area (Å²) in [5, 5.41) is 0. The quantitative estimate of drug-likeness (QED) is 0.429. The summed E-state index contributed by atoms with van der Waals surface area (Å²) in [6.07, 6.45) is -3.03. The second kappa shape index (κ2) is 9.20. The summed E-state index contributed by atoms with van der Waals surface area (Å²) in [5.74, 6) is -0.0372. The molecule has 0 atom stereocenters. The Balaban J connectivity index is 1.98. The summed E-state index contributed by atoms with van der Waals surface area (Å²) in [4.78, 5) is 10.9. The standard InChI is InChI=1S/C22H22F4N4O/c1-4-13-31-18-11-9-16(10-12-18)29(2)20-19(22(24,25)26)14-27-21(28-20)30(3)17-7-5-15(23)6-8-17/h5-12,14H,4,13H2,1-3H3. The van der Waals surface area contributed by atoms with E-state index in [9.17, 15) is 17.6 Å². The molecule has 0 saturated heterocycles. The van der Waals surface area contributed by atoms with E-state index in [0.717, 1.165) is 12.6 Å². The van der Waals surface area contributed by atoms with E-state index in [1.165, 1.54) is 41.1 Å². The first-order valence-electron chi connectivity index (χ1n) is 9.61. The van der Waals surface area contributed by atoms with Gasteiger partial charge in [-0.3, -0.25) is 0 Å². The van der Waals surface area contributed by atoms with Gasteiger partial charge in [0, 0.05) is 31.7 Å². The molecule has 0 fully saturated rings. The highest BCUT2D eigenvalue weighted by Crippen LogP contribution is 2.38. The summed E-state index contributed by atoms with van der Waals surface area (Å²) in [6, 6.07) is 12.2. The van der Waals surface area contributed by atoms with Gasteiger partial charge in [-0.1, -0.05) is 6.92 Å². The third kappa shape index (κ3) is 5.22. The molecular weight excluding hydrogens is 412 g/mol. The zero-order chi connectivity index (χ0) is 22.6. The molecule has 0 aliphatic heterocycles. The molecule has 0 saturated carbocycles. The van der Waals surface area contributed by atoms with E-state index in [1.807, 2.05) is 6.92 Å². The van der Waals surface area contributed by atoms with Gasteiger partial charge in [0.05, 0.1) is 6.61 Å². The fourth-order valence-electron chi connectivity index (χ4n) is 2.87. The second-order valence-electron chi connectivity index (χ2n) is 6.84. The first-order chi connectivity index (χ1) is 14.7. The summed E-state index contributed by atoms with van der Waals surface area (Å²) < 4.78 is 59.7. The number of hydrogen-bond donors (Lipinski definition) is 0. The molecule has 0 spiro atoms. The first kappa shape index (κ1) is 22.3. The van der Waals surface area contributed by atoms with E-state index in [1.54, 1.807) is 31.3 Å². The van der Waals surface area contributed by atoms with E-state index >= 15 is 0 Å². The minimum absolute atomic E-state index is 0.0457. The lowest BCUT2D eigenvalue weighted by Crippen LogP contribution is -2.21. The number of halogens is 4. The zero-order valence-corrected chi connectivity index (χ0v) is 17.3. The highest BCUT2D eigenvalue weighted by molar-refractivity contribution is 5.66. The largest absolute Gasteiger partial charge is 0.494 e. The number of anilines is 4. The van der Waals surface area contributed by atoms with E-state index in [-0.39, 0.29) is 11.8 Å². The van der Waals surface area contributed by atoms with Crippen LogP contribution in [-0.2, 0) is 6.18 Å². The van der Waals surface area contributed by atoms with Gasteiger partial charge >= 0.3 is 6.18 Å². The molecule has 0 amide bonds. The van der Waals surface area contributed by atoms with Crippen LogP contribution >= 0.6 is 0 Å². The van der Waals surface area contributed by atoms with Crippen LogP contribution in [-0.4, -0.2) is 30.7 Å². The van der Waals surface area contributed by atoms with Crippen molar-refractivity contribution in [3.63, 3.8) is 0 Å². The van der Waals surface area contributed by atoms with Gasteiger partial charge in [-0.05, 0) is 55.0 Å². The van der Waals surface area contributed by atoms with E-state index in [4.69, 9.17) is 4.74 Å². The third-order valence-corrected chi connectivity index (χ3v) is 4.59. The Morgan fingerprint density at radius 3 is 2.06 bits per heavy atom. The zero-order valence-electron chi connectivity index (χ0n) is 17.3. The first-order valence-corrected chi connectivity index (χ1v) is 9.61. The van der Waals surface area contributed by atoms with Crippen molar-refractivity contribution in [1.82, 2.24) is 9.97 Å². The molecule has 3 rings (SSSR count). The predicted octanol–water partition coefficient (Wildman–Crippen LogP) is 5.96. The van der Waals surface area contributed by atoms with Gasteiger partial charge in [0.25, 0.3) is 0 Å². The van der Waals surface area contributed by atoms with Crippen molar-refractivity contribution >= 4 is 23.1 Å². The molecule has 31 heavy (non-hydrogen) atoms. The SMILES string of the molecule is CCCOc1ccc(N(C)c2nc(N(C)c3ccc(F)cc3)ncc2C(F)(F)F)cc1. The predicted molar refractivity (Wildman–Crippen MR) is 112 cm³/mol. The van der Waals surface area contributed by atoms with Crippen LogP contribution in [0.5, 0.6) is 5.75 Å². The third-order valence-electron chi connectivity index (χ3n) is 4.59. The minimum Gasteiger partial charge on any atom is -0.494 e. The van der Waals surface area contributed by atoms with Crippen LogP contribution < -0.4 is 14.5 Å². The number of benzene rings is 2. The van der Waals surface area contributed by atoms with Gasteiger partial charge in [0.15, 0.2) is 5.82 Å². The Hall–Kier alpha value is -3.36. The highest BCUT2D eigenvalue weighted by Gasteiger charge is 2.37. The molecule has 0 unspecified atom stereocenters. The average molecular weight is 434 g/mol. The lowest BCUT2D eigenvalue weighted by molar-refractivity contribution is -0.137. The van der Waals surface area contributed by atoms with Crippen LogP contribution in [0, 0.1) is 5.82 Å². The topological polar surface area (TPSA) is 41.5 Å². The molecule has 0 N–H and O–H groups in total. The molecule has 0 aliphatic carbocycles. The maximum absolute atomic E-state index is 13.6. The lowest BCUT2D eigenvalue weighted by Gasteiger charge is -2.25. The van der Waals surface area contributed by atoms with Crippen molar-refractivity contribution in [3.05, 3.63) is 66.1 Å². The molecule has 1 heterocycles. The van der Waals surface area contributed by atoms with Crippen molar-refractivity contribution in [2.75, 3.05) is 30.5 Å². The van der Waals surface area contributed by atoms with Gasteiger partial charge in [-0.2, -0.15) is 18.2 Å². The van der Waals surface area contributed by atoms with Crippen molar-refractivity contribution in [1.29, 1.82) is 0 Å². The Morgan fingerprint density at radius 2 is 1.48 bits per heavy atom. The summed E-state index contributed by atoms with van der Waals surface area (Å²) in [5.41, 5.74) is 0.0770. The molecule has 5 nitrogen and oxygen atoms in total. The molecule has 0 radical (unpaired) electrons. The Bertz CT molecular complexity index is 1010. The number of aromatic nitrogens is 2. The molecule has 0 bridgehead atoms. The van der Waals surface area contributed by atoms with E-state index in [2.05, 4.69) is 9.97 Å². The van der Waals surface area contributed by atoms with Crippen molar-refractivity contribution < 1.29 is 22.3 Å². The van der Waals surface area contributed by atoms with Crippen molar-refractivity contribution in [2.24, 2.45) is 0 Å². The van der Waals surface area contributed by atoms with Crippen LogP contribution in [0.15, 0.2) is 54.7 Å². The van der Waals surface area contributed by atoms with Crippen LogP contribution in [0.2, 0.25) is 0 Å². The summed E-state index contributed by atoms with van der Waals surface area (Å²) >= 11 is 0. The van der Waals surface area contributed by atoms with Crippen LogP contribution in [0.25, 0.3) is 0 Å². The molecule has 3 aromatic rings. The van der Waals surface area contributed by atoms with E-state index in [0.29, 0.717) is 23.7 Å². The number of ether oxygens (including phenoxy) is 1. The molecular formula is C22H22F4N4O. The van der Waals surface area contributed by atoms with Crippen LogP contribution in [0.4, 0.5) is 40.7 Å². The van der Waals surface area contributed by atoms with Gasteiger partial charge in [-0.25, -0.2) is 9.37 Å². The van der Waals surface area contributed by atoms with Gasteiger partial charge in [0.1, 0.15) is 17.1 Å². The molecule has 9 heteroatoms. The van der Waals surface area contributed by atoms with Gasteiger partial charge in [-0.15, -0.1) is 0 Å². The van der Waals surface area contributed by atoms with Crippen molar-refractivity contribution in [2.45, 2.75) is 19.5 Å². The average Bonchev–Trinajstić information content (AvgIpc) is 2.76. The maximum atomic E-state index is 13.6. The highest BCUT2D eigenvalue weighted by atomic mass is 19.4. The van der Waals surface area contributed by atoms with E-state index < -0.39 is 17.6 Å². The molecule has 2 aromatic carbocycles. The summed E-state index contributed by atoms with van der Waals surface area (Å²) in [7, 11) is 3.10. The van der Waals surface area contributed by atoms with Gasteiger partial charge in [0.2, 0.25) is 5.95 Å². The Kier molecular flexibility index (Phi) is 6.62. The second-order valence-corrected chi connectivity index (χ2v) is 6.84. The van der Waals surface area contributed by atoms with Crippen molar-refractivity contribution in [3.8, 4) is 5.75 Å². The fraction of sp³-hybridized carbons (Fsp3) is 0.273. The number of rotatable bonds is 7. The normalized spacial score (nSPS) is 11.3. The fourth-order valence-corrected chi connectivity index (χ4v) is 2.87. The number of alkyl halides is 3.